The molecule has 0 aliphatic carbocycles. The molecule has 0 radical (unpaired) electrons. The molecule has 5 nitrogen and oxygen atoms in total. The van der Waals surface area contributed by atoms with Crippen LogP contribution in [-0.4, -0.2) is 35.4 Å². The van der Waals surface area contributed by atoms with E-state index in [4.69, 9.17) is 9.47 Å². The summed E-state index contributed by atoms with van der Waals surface area (Å²) >= 11 is 1.39. The Morgan fingerprint density at radius 3 is 3.29 bits per heavy atom. The van der Waals surface area contributed by atoms with Crippen LogP contribution in [0.1, 0.15) is 31.9 Å². The van der Waals surface area contributed by atoms with E-state index in [9.17, 15) is 0 Å². The van der Waals surface area contributed by atoms with Gasteiger partial charge in [-0.2, -0.15) is 0 Å². The second-order valence-electron chi connectivity index (χ2n) is 4.13. The minimum Gasteiger partial charge on any atom is -0.376 e. The monoisotopic (exact) mass is 257 g/mol. The second kappa shape index (κ2) is 6.88. The lowest BCUT2D eigenvalue weighted by molar-refractivity contribution is 0.00979. The quantitative estimate of drug-likeness (QED) is 0.810. The van der Waals surface area contributed by atoms with E-state index in [-0.39, 0.29) is 6.10 Å². The fourth-order valence-electron chi connectivity index (χ4n) is 1.74. The molecule has 6 heteroatoms. The van der Waals surface area contributed by atoms with Gasteiger partial charge in [-0.1, -0.05) is 11.4 Å². The van der Waals surface area contributed by atoms with Crippen molar-refractivity contribution in [3.8, 4) is 0 Å². The topological polar surface area (TPSA) is 56.3 Å². The molecule has 1 aliphatic heterocycles. The van der Waals surface area contributed by atoms with Crippen LogP contribution in [0.15, 0.2) is 0 Å². The van der Waals surface area contributed by atoms with E-state index in [0.717, 1.165) is 43.1 Å². The lowest BCUT2D eigenvalue weighted by Gasteiger charge is -2.09. The summed E-state index contributed by atoms with van der Waals surface area (Å²) in [7, 11) is 0. The minimum absolute atomic E-state index is 0.272. The molecule has 0 bridgehead atoms. The van der Waals surface area contributed by atoms with Crippen molar-refractivity contribution in [3.05, 3.63) is 5.69 Å². The number of nitrogens with zero attached hydrogens (tertiary/aromatic N) is 2. The summed E-state index contributed by atoms with van der Waals surface area (Å²) in [6.07, 6.45) is 3.62. The van der Waals surface area contributed by atoms with E-state index in [2.05, 4.69) is 21.8 Å². The Balaban J connectivity index is 1.72. The van der Waals surface area contributed by atoms with Gasteiger partial charge < -0.3 is 14.8 Å². The maximum atomic E-state index is 5.62. The van der Waals surface area contributed by atoms with Crippen molar-refractivity contribution in [2.24, 2.45) is 0 Å². The summed E-state index contributed by atoms with van der Waals surface area (Å²) in [5.41, 5.74) is 0.904. The molecule has 0 amide bonds. The van der Waals surface area contributed by atoms with Crippen molar-refractivity contribution in [1.82, 2.24) is 9.59 Å². The van der Waals surface area contributed by atoms with Gasteiger partial charge in [-0.05, 0) is 19.3 Å². The van der Waals surface area contributed by atoms with Crippen molar-refractivity contribution in [2.75, 3.05) is 25.1 Å². The largest absolute Gasteiger partial charge is 0.376 e. The van der Waals surface area contributed by atoms with Gasteiger partial charge >= 0.3 is 0 Å². The molecule has 0 saturated carbocycles. The van der Waals surface area contributed by atoms with Gasteiger partial charge in [0.2, 0.25) is 0 Å². The Bertz CT molecular complexity index is 326. The van der Waals surface area contributed by atoms with Crippen LogP contribution in [0.2, 0.25) is 0 Å². The van der Waals surface area contributed by atoms with Crippen LogP contribution in [0.5, 0.6) is 0 Å². The SMILES string of the molecule is CCCNc1snnc1COCC1CCCO1. The third kappa shape index (κ3) is 3.90. The number of anilines is 1. The predicted octanol–water partition coefficient (Wildman–Crippen LogP) is 2.06. The highest BCUT2D eigenvalue weighted by Crippen LogP contribution is 2.19. The van der Waals surface area contributed by atoms with Gasteiger partial charge in [0, 0.05) is 24.7 Å². The molecule has 2 rings (SSSR count). The molecule has 1 aromatic heterocycles. The summed E-state index contributed by atoms with van der Waals surface area (Å²) in [4.78, 5) is 0. The molecule has 0 spiro atoms. The molecule has 1 unspecified atom stereocenters. The zero-order valence-electron chi connectivity index (χ0n) is 10.1. The second-order valence-corrected chi connectivity index (χ2v) is 4.88. The Morgan fingerprint density at radius 2 is 2.53 bits per heavy atom. The number of hydrogen-bond donors (Lipinski definition) is 1. The normalized spacial score (nSPS) is 19.7. The molecule has 0 aromatic carbocycles. The fourth-order valence-corrected chi connectivity index (χ4v) is 2.33. The average molecular weight is 257 g/mol. The van der Waals surface area contributed by atoms with Crippen LogP contribution in [0.4, 0.5) is 5.00 Å². The number of nitrogens with one attached hydrogen (secondary N) is 1. The molecule has 96 valence electrons. The molecule has 2 heterocycles. The summed E-state index contributed by atoms with van der Waals surface area (Å²) in [6, 6.07) is 0. The maximum Gasteiger partial charge on any atom is 0.135 e. The predicted molar refractivity (Wildman–Crippen MR) is 67.3 cm³/mol. The van der Waals surface area contributed by atoms with E-state index >= 15 is 0 Å². The summed E-state index contributed by atoms with van der Waals surface area (Å²) < 4.78 is 15.1. The van der Waals surface area contributed by atoms with E-state index in [1.165, 1.54) is 11.5 Å². The van der Waals surface area contributed by atoms with Gasteiger partial charge in [0.25, 0.3) is 0 Å². The number of aromatic nitrogens is 2. The molecular formula is C11H19N3O2S. The van der Waals surface area contributed by atoms with E-state index in [1.54, 1.807) is 0 Å². The standard InChI is InChI=1S/C11H19N3O2S/c1-2-5-12-11-10(13-14-17-11)8-15-7-9-4-3-6-16-9/h9,12H,2-8H2,1H3. The summed E-state index contributed by atoms with van der Waals surface area (Å²) in [5, 5.41) is 8.40. The van der Waals surface area contributed by atoms with Crippen LogP contribution in [-0.2, 0) is 16.1 Å². The van der Waals surface area contributed by atoms with Gasteiger partial charge in [0.1, 0.15) is 10.7 Å². The molecule has 1 aliphatic rings. The van der Waals surface area contributed by atoms with Crippen LogP contribution >= 0.6 is 11.5 Å². The van der Waals surface area contributed by atoms with Crippen LogP contribution in [0.25, 0.3) is 0 Å². The van der Waals surface area contributed by atoms with E-state index in [1.807, 2.05) is 0 Å². The highest BCUT2D eigenvalue weighted by Gasteiger charge is 2.16. The van der Waals surface area contributed by atoms with Crippen molar-refractivity contribution >= 4 is 16.5 Å². The molecule has 1 saturated heterocycles. The zero-order valence-corrected chi connectivity index (χ0v) is 11.0. The maximum absolute atomic E-state index is 5.62. The summed E-state index contributed by atoms with van der Waals surface area (Å²) in [6.45, 7) is 5.13. The van der Waals surface area contributed by atoms with Crippen molar-refractivity contribution in [3.63, 3.8) is 0 Å². The lowest BCUT2D eigenvalue weighted by atomic mass is 10.2. The van der Waals surface area contributed by atoms with E-state index in [0.29, 0.717) is 13.2 Å². The fraction of sp³-hybridized carbons (Fsp3) is 0.818. The minimum atomic E-state index is 0.272. The Kier molecular flexibility index (Phi) is 5.15. The molecule has 17 heavy (non-hydrogen) atoms. The number of hydrogen-bond acceptors (Lipinski definition) is 6. The molecular weight excluding hydrogens is 238 g/mol. The van der Waals surface area contributed by atoms with E-state index < -0.39 is 0 Å². The third-order valence-electron chi connectivity index (χ3n) is 2.66. The highest BCUT2D eigenvalue weighted by atomic mass is 32.1. The first-order valence-electron chi connectivity index (χ1n) is 6.14. The Hall–Kier alpha value is -0.720. The van der Waals surface area contributed by atoms with Crippen molar-refractivity contribution in [1.29, 1.82) is 0 Å². The number of ether oxygens (including phenoxy) is 2. The first-order chi connectivity index (χ1) is 8.40. The van der Waals surface area contributed by atoms with Gasteiger partial charge in [-0.25, -0.2) is 0 Å². The first-order valence-corrected chi connectivity index (χ1v) is 6.92. The average Bonchev–Trinajstić information content (AvgIpc) is 2.98. The van der Waals surface area contributed by atoms with Gasteiger partial charge in [-0.15, -0.1) is 5.10 Å². The van der Waals surface area contributed by atoms with Crippen molar-refractivity contribution in [2.45, 2.75) is 38.9 Å². The Morgan fingerprint density at radius 1 is 1.59 bits per heavy atom. The third-order valence-corrected chi connectivity index (χ3v) is 3.38. The highest BCUT2D eigenvalue weighted by molar-refractivity contribution is 7.10. The first kappa shape index (κ1) is 12.7. The smallest absolute Gasteiger partial charge is 0.135 e. The van der Waals surface area contributed by atoms with Crippen molar-refractivity contribution < 1.29 is 9.47 Å². The molecule has 1 aromatic rings. The van der Waals surface area contributed by atoms with Crippen LogP contribution < -0.4 is 5.32 Å². The zero-order chi connectivity index (χ0) is 11.9. The van der Waals surface area contributed by atoms with Crippen LogP contribution in [0, 0.1) is 0 Å². The lowest BCUT2D eigenvalue weighted by Crippen LogP contribution is -2.14. The molecule has 1 fully saturated rings. The molecule has 1 N–H and O–H groups in total. The summed E-state index contributed by atoms with van der Waals surface area (Å²) in [5.74, 6) is 0. The van der Waals surface area contributed by atoms with Crippen LogP contribution in [0.3, 0.4) is 0 Å². The molecule has 1 atom stereocenters. The Labute approximate surface area is 106 Å². The van der Waals surface area contributed by atoms with Gasteiger partial charge in [0.05, 0.1) is 19.3 Å². The van der Waals surface area contributed by atoms with Gasteiger partial charge in [0.15, 0.2) is 0 Å². The number of rotatable bonds is 7. The van der Waals surface area contributed by atoms with Gasteiger partial charge in [-0.3, -0.25) is 0 Å².